The van der Waals surface area contributed by atoms with E-state index < -0.39 is 42.0 Å². The van der Waals surface area contributed by atoms with Crippen LogP contribution in [0.4, 0.5) is 25.2 Å². The van der Waals surface area contributed by atoms with Crippen molar-refractivity contribution in [2.75, 3.05) is 23.7 Å². The molecule has 2 aliphatic rings. The Bertz CT molecular complexity index is 1190. The maximum absolute atomic E-state index is 13.7. The fourth-order valence-corrected chi connectivity index (χ4v) is 4.51. The third-order valence-electron chi connectivity index (χ3n) is 5.51. The van der Waals surface area contributed by atoms with Gasteiger partial charge in [0.25, 0.3) is 0 Å². The van der Waals surface area contributed by atoms with Gasteiger partial charge in [-0.05, 0) is 76.9 Å². The number of hydrogen-bond donors (Lipinski definition) is 3. The number of rotatable bonds is 4. The molecule has 2 fully saturated rings. The standard InChI is InChI=1S/C15H19BrFN3O3.C10H11BrFN3O.ClH/c1-15(2,3)23-14(22)20-8-9(17)7-10(20)13(21)19-12-6-4-5-11(16)18-12;11-8-2-1-3-9(14-8)15-10(16)7-4-6(12)5-13-7;/h4-6,9-10H,7-8H2,1-3H3,(H,18,19,21);1-3,6-7,13H,4-5H2,(H,14,15,16);1H/t9-,10+;6-,7+;/m11./s1. The van der Waals surface area contributed by atoms with Crippen molar-refractivity contribution < 1.29 is 27.9 Å². The molecule has 0 unspecified atom stereocenters. The zero-order valence-corrected chi connectivity index (χ0v) is 26.0. The van der Waals surface area contributed by atoms with Crippen LogP contribution >= 0.6 is 44.3 Å². The molecular formula is C25H31Br2ClF2N6O4. The minimum absolute atomic E-state index is 0. The maximum Gasteiger partial charge on any atom is 0.411 e. The summed E-state index contributed by atoms with van der Waals surface area (Å²) in [4.78, 5) is 45.5. The molecule has 0 aromatic carbocycles. The third kappa shape index (κ3) is 10.5. The van der Waals surface area contributed by atoms with Crippen molar-refractivity contribution in [2.24, 2.45) is 0 Å². The number of hydrogen-bond acceptors (Lipinski definition) is 7. The van der Waals surface area contributed by atoms with Crippen molar-refractivity contribution in [1.82, 2.24) is 20.2 Å². The number of pyridine rings is 2. The molecule has 2 aromatic rings. The van der Waals surface area contributed by atoms with Gasteiger partial charge in [0.05, 0.1) is 12.6 Å². The molecule has 4 atom stereocenters. The number of likely N-dealkylation sites (tertiary alicyclic amines) is 1. The quantitative estimate of drug-likeness (QED) is 0.380. The summed E-state index contributed by atoms with van der Waals surface area (Å²) in [6.45, 7) is 5.24. The minimum Gasteiger partial charge on any atom is -0.444 e. The van der Waals surface area contributed by atoms with Crippen molar-refractivity contribution >= 4 is 73.8 Å². The topological polar surface area (TPSA) is 126 Å². The average Bonchev–Trinajstić information content (AvgIpc) is 3.44. The highest BCUT2D eigenvalue weighted by Gasteiger charge is 2.41. The summed E-state index contributed by atoms with van der Waals surface area (Å²) >= 11 is 6.41. The first kappa shape index (κ1) is 33.8. The first-order valence-corrected chi connectivity index (χ1v) is 13.8. The van der Waals surface area contributed by atoms with Crippen molar-refractivity contribution in [3.05, 3.63) is 45.6 Å². The molecule has 15 heteroatoms. The molecule has 2 saturated heterocycles. The van der Waals surface area contributed by atoms with E-state index in [2.05, 4.69) is 57.8 Å². The first-order chi connectivity index (χ1) is 18.3. The van der Waals surface area contributed by atoms with Crippen LogP contribution in [0.15, 0.2) is 45.6 Å². The fraction of sp³-hybridized carbons (Fsp3) is 0.480. The summed E-state index contributed by atoms with van der Waals surface area (Å²) in [6.07, 6.45) is -2.72. The summed E-state index contributed by atoms with van der Waals surface area (Å²) in [5, 5.41) is 8.05. The summed E-state index contributed by atoms with van der Waals surface area (Å²) in [6, 6.07) is 8.89. The molecule has 4 rings (SSSR count). The number of carbonyl (C=O) groups is 3. The van der Waals surface area contributed by atoms with Crippen LogP contribution in [0.25, 0.3) is 0 Å². The highest BCUT2D eigenvalue weighted by molar-refractivity contribution is 9.10. The molecule has 0 bridgehead atoms. The Labute approximate surface area is 254 Å². The van der Waals surface area contributed by atoms with Gasteiger partial charge in [0.2, 0.25) is 11.8 Å². The lowest BCUT2D eigenvalue weighted by Gasteiger charge is -2.27. The van der Waals surface area contributed by atoms with Crippen molar-refractivity contribution in [2.45, 2.75) is 63.6 Å². The molecule has 0 aliphatic carbocycles. The van der Waals surface area contributed by atoms with E-state index in [0.717, 1.165) is 4.90 Å². The molecule has 0 spiro atoms. The number of anilines is 2. The van der Waals surface area contributed by atoms with Gasteiger partial charge < -0.3 is 20.7 Å². The van der Waals surface area contributed by atoms with Gasteiger partial charge in [0, 0.05) is 19.4 Å². The van der Waals surface area contributed by atoms with E-state index in [4.69, 9.17) is 4.74 Å². The molecule has 3 amide bonds. The lowest BCUT2D eigenvalue weighted by molar-refractivity contribution is -0.120. The Balaban J connectivity index is 0.000000290. The number of halogens is 5. The molecule has 10 nitrogen and oxygen atoms in total. The number of ether oxygens (including phenoxy) is 1. The second kappa shape index (κ2) is 15.0. The van der Waals surface area contributed by atoms with Crippen molar-refractivity contribution in [3.8, 4) is 0 Å². The lowest BCUT2D eigenvalue weighted by Crippen LogP contribution is -2.45. The Hall–Kier alpha value is -2.42. The van der Waals surface area contributed by atoms with Gasteiger partial charge in [-0.3, -0.25) is 14.5 Å². The second-order valence-corrected chi connectivity index (χ2v) is 11.6. The maximum atomic E-state index is 13.7. The largest absolute Gasteiger partial charge is 0.444 e. The van der Waals surface area contributed by atoms with E-state index in [1.54, 1.807) is 57.2 Å². The van der Waals surface area contributed by atoms with Crippen LogP contribution in [0, 0.1) is 0 Å². The molecular weight excluding hydrogens is 682 g/mol. The van der Waals surface area contributed by atoms with Gasteiger partial charge in [-0.2, -0.15) is 0 Å². The highest BCUT2D eigenvalue weighted by Crippen LogP contribution is 2.24. The summed E-state index contributed by atoms with van der Waals surface area (Å²) in [5.41, 5.74) is -0.710. The van der Waals surface area contributed by atoms with E-state index >= 15 is 0 Å². The van der Waals surface area contributed by atoms with Gasteiger partial charge >= 0.3 is 6.09 Å². The molecule has 0 saturated carbocycles. The van der Waals surface area contributed by atoms with Crippen LogP contribution in [0.3, 0.4) is 0 Å². The van der Waals surface area contributed by atoms with E-state index in [-0.39, 0.29) is 44.2 Å². The Morgan fingerprint density at radius 2 is 1.50 bits per heavy atom. The zero-order valence-electron chi connectivity index (χ0n) is 22.0. The van der Waals surface area contributed by atoms with Gasteiger partial charge in [0.1, 0.15) is 44.8 Å². The molecule has 0 radical (unpaired) electrons. The summed E-state index contributed by atoms with van der Waals surface area (Å²) in [7, 11) is 0. The number of amides is 3. The van der Waals surface area contributed by atoms with E-state index in [9.17, 15) is 23.2 Å². The Morgan fingerprint density at radius 3 is 1.98 bits per heavy atom. The second-order valence-electron chi connectivity index (χ2n) is 9.94. The van der Waals surface area contributed by atoms with Crippen LogP contribution in [0.1, 0.15) is 33.6 Å². The van der Waals surface area contributed by atoms with Gasteiger partial charge in [0.15, 0.2) is 0 Å². The highest BCUT2D eigenvalue weighted by atomic mass is 79.9. The molecule has 2 aliphatic heterocycles. The van der Waals surface area contributed by atoms with Crippen LogP contribution in [0.2, 0.25) is 0 Å². The molecule has 4 heterocycles. The SMILES string of the molecule is CC(C)(C)OC(=O)N1C[C@H](F)C[C@H]1C(=O)Nc1cccc(Br)n1.Cl.O=C(Nc1cccc(Br)n1)[C@@H]1C[C@@H](F)CN1. The molecule has 3 N–H and O–H groups in total. The van der Waals surface area contributed by atoms with Gasteiger partial charge in [-0.15, -0.1) is 12.4 Å². The van der Waals surface area contributed by atoms with E-state index in [0.29, 0.717) is 20.8 Å². The Kier molecular flexibility index (Phi) is 12.7. The van der Waals surface area contributed by atoms with Crippen molar-refractivity contribution in [1.29, 1.82) is 0 Å². The van der Waals surface area contributed by atoms with Crippen LogP contribution in [-0.2, 0) is 14.3 Å². The normalized spacial score (nSPS) is 21.9. The molecule has 220 valence electrons. The summed E-state index contributed by atoms with van der Waals surface area (Å²) in [5.74, 6) is 0.0617. The lowest BCUT2D eigenvalue weighted by atomic mass is 10.2. The smallest absolute Gasteiger partial charge is 0.411 e. The van der Waals surface area contributed by atoms with Gasteiger partial charge in [-0.25, -0.2) is 23.5 Å². The minimum atomic E-state index is -1.26. The Morgan fingerprint density at radius 1 is 0.950 bits per heavy atom. The van der Waals surface area contributed by atoms with Crippen LogP contribution in [-0.4, -0.2) is 75.9 Å². The van der Waals surface area contributed by atoms with E-state index in [1.807, 2.05) is 0 Å². The van der Waals surface area contributed by atoms with Gasteiger partial charge in [-0.1, -0.05) is 12.1 Å². The molecule has 40 heavy (non-hydrogen) atoms. The average molecular weight is 713 g/mol. The summed E-state index contributed by atoms with van der Waals surface area (Å²) < 4.78 is 33.0. The number of aromatic nitrogens is 2. The van der Waals surface area contributed by atoms with Crippen molar-refractivity contribution in [3.63, 3.8) is 0 Å². The first-order valence-electron chi connectivity index (χ1n) is 12.2. The number of alkyl halides is 2. The zero-order chi connectivity index (χ0) is 28.7. The predicted molar refractivity (Wildman–Crippen MR) is 156 cm³/mol. The number of nitrogens with zero attached hydrogens (tertiary/aromatic N) is 3. The monoisotopic (exact) mass is 710 g/mol. The number of carbonyl (C=O) groups excluding carboxylic acids is 3. The van der Waals surface area contributed by atoms with Crippen LogP contribution in [0.5, 0.6) is 0 Å². The van der Waals surface area contributed by atoms with E-state index in [1.165, 1.54) is 0 Å². The fourth-order valence-electron chi connectivity index (χ4n) is 3.83. The third-order valence-corrected chi connectivity index (χ3v) is 6.39. The predicted octanol–water partition coefficient (Wildman–Crippen LogP) is 5.03. The number of nitrogens with one attached hydrogen (secondary N) is 3. The molecule has 2 aromatic heterocycles. The van der Waals surface area contributed by atoms with Crippen LogP contribution < -0.4 is 16.0 Å².